The lowest BCUT2D eigenvalue weighted by Crippen LogP contribution is -2.30. The van der Waals surface area contributed by atoms with E-state index < -0.39 is 6.10 Å². The Morgan fingerprint density at radius 2 is 2.03 bits per heavy atom. The van der Waals surface area contributed by atoms with Crippen molar-refractivity contribution in [2.24, 2.45) is 0 Å². The molecule has 0 spiro atoms. The van der Waals surface area contributed by atoms with Crippen LogP contribution < -0.4 is 10.1 Å². The molecule has 0 bridgehead atoms. The third-order valence-electron chi connectivity index (χ3n) is 4.09. The lowest BCUT2D eigenvalue weighted by atomic mass is 10.2. The minimum Gasteiger partial charge on any atom is -0.479 e. The van der Waals surface area contributed by atoms with Crippen LogP contribution in [-0.4, -0.2) is 31.8 Å². The maximum absolute atomic E-state index is 12.5. The summed E-state index contributed by atoms with van der Waals surface area (Å²) in [5.74, 6) is 0.809. The van der Waals surface area contributed by atoms with Crippen LogP contribution in [0.3, 0.4) is 0 Å². The Labute approximate surface area is 180 Å². The molecule has 2 heterocycles. The second kappa shape index (κ2) is 7.98. The second-order valence-electron chi connectivity index (χ2n) is 6.25. The van der Waals surface area contributed by atoms with Crippen molar-refractivity contribution in [3.8, 4) is 16.3 Å². The van der Waals surface area contributed by atoms with Gasteiger partial charge in [-0.05, 0) is 44.2 Å². The van der Waals surface area contributed by atoms with Gasteiger partial charge in [0.2, 0.25) is 4.96 Å². The Kier molecular flexibility index (Phi) is 5.40. The first kappa shape index (κ1) is 19.6. The molecule has 0 aliphatic rings. The van der Waals surface area contributed by atoms with Gasteiger partial charge in [-0.25, -0.2) is 0 Å². The Hall–Kier alpha value is -2.68. The van der Waals surface area contributed by atoms with E-state index in [9.17, 15) is 4.79 Å². The van der Waals surface area contributed by atoms with Gasteiger partial charge in [0.15, 0.2) is 11.9 Å². The van der Waals surface area contributed by atoms with E-state index in [2.05, 4.69) is 20.6 Å². The van der Waals surface area contributed by atoms with Crippen LogP contribution in [0.1, 0.15) is 12.7 Å². The number of fused-ring (bicyclic) bond motifs is 1. The number of rotatable bonds is 5. The third-order valence-corrected chi connectivity index (χ3v) is 5.57. The lowest BCUT2D eigenvalue weighted by molar-refractivity contribution is -0.122. The van der Waals surface area contributed by atoms with E-state index in [1.807, 2.05) is 25.1 Å². The molecule has 0 saturated carbocycles. The molecule has 29 heavy (non-hydrogen) atoms. The van der Waals surface area contributed by atoms with Gasteiger partial charge in [-0.15, -0.1) is 10.2 Å². The highest BCUT2D eigenvalue weighted by molar-refractivity contribution is 7.19. The van der Waals surface area contributed by atoms with Crippen LogP contribution in [0.2, 0.25) is 10.0 Å². The maximum Gasteiger partial charge on any atom is 0.265 e. The SMILES string of the molecule is Cc1nnc2sc(-c3cccc(NC(=O)[C@H](C)Oc4ccc(Cl)cc4Cl)c3)nn12. The van der Waals surface area contributed by atoms with Crippen LogP contribution in [0.25, 0.3) is 15.5 Å². The number of benzene rings is 2. The van der Waals surface area contributed by atoms with E-state index >= 15 is 0 Å². The molecule has 1 atom stereocenters. The van der Waals surface area contributed by atoms with Gasteiger partial charge in [0.25, 0.3) is 5.91 Å². The van der Waals surface area contributed by atoms with E-state index in [1.165, 1.54) is 11.3 Å². The molecule has 7 nitrogen and oxygen atoms in total. The molecule has 2 aromatic heterocycles. The van der Waals surface area contributed by atoms with Crippen LogP contribution in [0.5, 0.6) is 5.75 Å². The van der Waals surface area contributed by atoms with Gasteiger partial charge < -0.3 is 10.1 Å². The van der Waals surface area contributed by atoms with E-state index in [4.69, 9.17) is 27.9 Å². The largest absolute Gasteiger partial charge is 0.479 e. The van der Waals surface area contributed by atoms with Crippen molar-refractivity contribution in [3.63, 3.8) is 0 Å². The third kappa shape index (κ3) is 4.19. The van der Waals surface area contributed by atoms with E-state index in [1.54, 1.807) is 35.7 Å². The smallest absolute Gasteiger partial charge is 0.265 e. The molecule has 0 fully saturated rings. The zero-order valence-corrected chi connectivity index (χ0v) is 17.7. The molecule has 148 valence electrons. The van der Waals surface area contributed by atoms with Crippen molar-refractivity contribution in [1.82, 2.24) is 19.8 Å². The zero-order chi connectivity index (χ0) is 20.5. The summed E-state index contributed by atoms with van der Waals surface area (Å²) < 4.78 is 7.35. The minimum absolute atomic E-state index is 0.304. The first-order chi connectivity index (χ1) is 13.9. The molecule has 0 radical (unpaired) electrons. The molecule has 1 amide bonds. The first-order valence-electron chi connectivity index (χ1n) is 8.62. The Bertz CT molecular complexity index is 1210. The highest BCUT2D eigenvalue weighted by Crippen LogP contribution is 2.29. The van der Waals surface area contributed by atoms with Crippen molar-refractivity contribution >= 4 is 51.1 Å². The van der Waals surface area contributed by atoms with Crippen molar-refractivity contribution in [2.45, 2.75) is 20.0 Å². The number of aromatic nitrogens is 4. The number of anilines is 1. The van der Waals surface area contributed by atoms with E-state index in [0.29, 0.717) is 26.4 Å². The number of halogens is 2. The summed E-state index contributed by atoms with van der Waals surface area (Å²) >= 11 is 13.4. The monoisotopic (exact) mass is 447 g/mol. The molecular formula is C19H15Cl2N5O2S. The number of hydrogen-bond acceptors (Lipinski definition) is 6. The molecule has 10 heteroatoms. The predicted octanol–water partition coefficient (Wildman–Crippen LogP) is 4.87. The number of carbonyl (C=O) groups is 1. The number of aryl methyl sites for hydroxylation is 1. The molecule has 0 unspecified atom stereocenters. The van der Waals surface area contributed by atoms with Crippen LogP contribution in [0, 0.1) is 6.92 Å². The summed E-state index contributed by atoms with van der Waals surface area (Å²) in [7, 11) is 0. The van der Waals surface area contributed by atoms with Crippen molar-refractivity contribution in [2.75, 3.05) is 5.32 Å². The van der Waals surface area contributed by atoms with Gasteiger partial charge in [0.05, 0.1) is 5.02 Å². The molecule has 0 saturated heterocycles. The number of ether oxygens (including phenoxy) is 1. The molecule has 2 aromatic carbocycles. The number of hydrogen-bond donors (Lipinski definition) is 1. The standard InChI is InChI=1S/C19H15Cl2N5O2S/c1-10(28-16-7-6-13(20)9-15(16)21)17(27)22-14-5-3-4-12(8-14)18-25-26-11(2)23-24-19(26)29-18/h3-10H,1-2H3,(H,22,27)/t10-/m0/s1. The number of nitrogens with zero attached hydrogens (tertiary/aromatic N) is 4. The zero-order valence-electron chi connectivity index (χ0n) is 15.4. The van der Waals surface area contributed by atoms with Crippen LogP contribution in [-0.2, 0) is 4.79 Å². The van der Waals surface area contributed by atoms with Gasteiger partial charge in [0.1, 0.15) is 10.8 Å². The van der Waals surface area contributed by atoms with Gasteiger partial charge in [0, 0.05) is 16.3 Å². The minimum atomic E-state index is -0.755. The highest BCUT2D eigenvalue weighted by Gasteiger charge is 2.17. The summed E-state index contributed by atoms with van der Waals surface area (Å²) in [4.78, 5) is 13.3. The molecule has 4 aromatic rings. The molecule has 0 aliphatic carbocycles. The Morgan fingerprint density at radius 1 is 1.21 bits per heavy atom. The van der Waals surface area contributed by atoms with Crippen LogP contribution in [0.15, 0.2) is 42.5 Å². The summed E-state index contributed by atoms with van der Waals surface area (Å²) in [5, 5.41) is 17.1. The second-order valence-corrected chi connectivity index (χ2v) is 8.05. The predicted molar refractivity (Wildman–Crippen MR) is 114 cm³/mol. The van der Waals surface area contributed by atoms with Crippen molar-refractivity contribution in [3.05, 3.63) is 58.3 Å². The highest BCUT2D eigenvalue weighted by atomic mass is 35.5. The molecule has 4 rings (SSSR count). The van der Waals surface area contributed by atoms with Gasteiger partial charge in [-0.2, -0.15) is 9.61 Å². The quantitative estimate of drug-likeness (QED) is 0.471. The Morgan fingerprint density at radius 3 is 2.79 bits per heavy atom. The fraction of sp³-hybridized carbons (Fsp3) is 0.158. The van der Waals surface area contributed by atoms with Crippen LogP contribution >= 0.6 is 34.5 Å². The summed E-state index contributed by atoms with van der Waals surface area (Å²) in [6, 6.07) is 12.3. The fourth-order valence-corrected chi connectivity index (χ4v) is 3.95. The normalized spacial score (nSPS) is 12.1. The van der Waals surface area contributed by atoms with Crippen molar-refractivity contribution in [1.29, 1.82) is 0 Å². The van der Waals surface area contributed by atoms with Crippen molar-refractivity contribution < 1.29 is 9.53 Å². The summed E-state index contributed by atoms with van der Waals surface area (Å²) in [6.45, 7) is 3.49. The van der Waals surface area contributed by atoms with Gasteiger partial charge >= 0.3 is 0 Å². The average molecular weight is 448 g/mol. The first-order valence-corrected chi connectivity index (χ1v) is 10.2. The fourth-order valence-electron chi connectivity index (χ4n) is 2.62. The average Bonchev–Trinajstić information content (AvgIpc) is 3.26. The number of nitrogens with one attached hydrogen (secondary N) is 1. The topological polar surface area (TPSA) is 81.4 Å². The summed E-state index contributed by atoms with van der Waals surface area (Å²) in [6.07, 6.45) is -0.755. The number of amides is 1. The van der Waals surface area contributed by atoms with E-state index in [0.717, 1.165) is 16.4 Å². The van der Waals surface area contributed by atoms with Crippen LogP contribution in [0.4, 0.5) is 5.69 Å². The van der Waals surface area contributed by atoms with Gasteiger partial charge in [-0.3, -0.25) is 4.79 Å². The van der Waals surface area contributed by atoms with E-state index in [-0.39, 0.29) is 5.91 Å². The molecule has 0 aliphatic heterocycles. The molecular weight excluding hydrogens is 433 g/mol. The molecule has 1 N–H and O–H groups in total. The van der Waals surface area contributed by atoms with Gasteiger partial charge in [-0.1, -0.05) is 46.7 Å². The lowest BCUT2D eigenvalue weighted by Gasteiger charge is -2.16. The summed E-state index contributed by atoms with van der Waals surface area (Å²) in [5.41, 5.74) is 1.50. The number of carbonyl (C=O) groups excluding carboxylic acids is 1. The Balaban J connectivity index is 1.48. The maximum atomic E-state index is 12.5.